The van der Waals surface area contributed by atoms with Crippen molar-refractivity contribution >= 4 is 27.7 Å². The van der Waals surface area contributed by atoms with Crippen molar-refractivity contribution in [1.82, 2.24) is 15.3 Å². The largest absolute Gasteiger partial charge is 0.417 e. The van der Waals surface area contributed by atoms with Gasteiger partial charge in [-0.2, -0.15) is 13.2 Å². The fraction of sp³-hybridized carbons (Fsp3) is 0.412. The van der Waals surface area contributed by atoms with Crippen LogP contribution < -0.4 is 10.2 Å². The van der Waals surface area contributed by atoms with Gasteiger partial charge < -0.3 is 15.2 Å². The summed E-state index contributed by atoms with van der Waals surface area (Å²) in [6, 6.07) is 4.20. The number of anilines is 1. The summed E-state index contributed by atoms with van der Waals surface area (Å²) >= 11 is 3.37. The van der Waals surface area contributed by atoms with E-state index in [0.717, 1.165) is 22.4 Å². The molecule has 2 N–H and O–H groups in total. The number of nitrogens with zero attached hydrogens (tertiary/aromatic N) is 2. The predicted molar refractivity (Wildman–Crippen MR) is 95.2 cm³/mol. The molecule has 0 bridgehead atoms. The molecule has 1 aliphatic heterocycles. The lowest BCUT2D eigenvalue weighted by Crippen LogP contribution is -2.45. The summed E-state index contributed by atoms with van der Waals surface area (Å²) in [6.45, 7) is 3.12. The zero-order valence-electron chi connectivity index (χ0n) is 14.0. The van der Waals surface area contributed by atoms with Gasteiger partial charge in [-0.25, -0.2) is 4.98 Å². The van der Waals surface area contributed by atoms with Crippen LogP contribution in [-0.4, -0.2) is 35.0 Å². The van der Waals surface area contributed by atoms with Crippen molar-refractivity contribution in [1.29, 1.82) is 0 Å². The topological polar surface area (TPSA) is 61.0 Å². The minimum Gasteiger partial charge on any atom is -0.356 e. The van der Waals surface area contributed by atoms with Gasteiger partial charge in [0.25, 0.3) is 5.91 Å². The molecule has 0 saturated carbocycles. The molecule has 9 heteroatoms. The third-order valence-electron chi connectivity index (χ3n) is 4.43. The maximum absolute atomic E-state index is 12.6. The number of carbonyl (C=O) groups excluding carboxylic acids is 1. The molecular weight excluding hydrogens is 413 g/mol. The van der Waals surface area contributed by atoms with Gasteiger partial charge in [-0.3, -0.25) is 4.79 Å². The Bertz CT molecular complexity index is 761. The number of amides is 1. The van der Waals surface area contributed by atoms with E-state index in [1.54, 1.807) is 6.07 Å². The summed E-state index contributed by atoms with van der Waals surface area (Å²) in [6.07, 6.45) is -2.12. The molecule has 5 nitrogen and oxygen atoms in total. The van der Waals surface area contributed by atoms with Crippen LogP contribution in [0.1, 0.15) is 34.6 Å². The molecule has 1 amide bonds. The van der Waals surface area contributed by atoms with Crippen LogP contribution in [-0.2, 0) is 6.18 Å². The second kappa shape index (κ2) is 7.30. The molecular formula is C17H18BrF3N4O. The van der Waals surface area contributed by atoms with Gasteiger partial charge in [-0.05, 0) is 53.9 Å². The second-order valence-electron chi connectivity index (χ2n) is 6.29. The Morgan fingerprint density at radius 3 is 2.54 bits per heavy atom. The van der Waals surface area contributed by atoms with E-state index in [1.165, 1.54) is 6.07 Å². The maximum atomic E-state index is 12.6. The van der Waals surface area contributed by atoms with Crippen molar-refractivity contribution in [3.05, 3.63) is 45.8 Å². The zero-order chi connectivity index (χ0) is 18.9. The van der Waals surface area contributed by atoms with Crippen LogP contribution in [0.15, 0.2) is 28.9 Å². The summed E-state index contributed by atoms with van der Waals surface area (Å²) in [5, 5.41) is 2.99. The van der Waals surface area contributed by atoms with Crippen molar-refractivity contribution < 1.29 is 18.0 Å². The van der Waals surface area contributed by atoms with Crippen molar-refractivity contribution in [2.45, 2.75) is 32.0 Å². The molecule has 2 aromatic rings. The molecule has 0 aromatic carbocycles. The number of hydrogen-bond donors (Lipinski definition) is 2. The van der Waals surface area contributed by atoms with Crippen molar-refractivity contribution in [3.8, 4) is 0 Å². The fourth-order valence-corrected chi connectivity index (χ4v) is 3.24. The fourth-order valence-electron chi connectivity index (χ4n) is 2.91. The number of aromatic amines is 1. The van der Waals surface area contributed by atoms with Crippen molar-refractivity contribution in [2.24, 2.45) is 0 Å². The van der Waals surface area contributed by atoms with Crippen molar-refractivity contribution in [3.63, 3.8) is 0 Å². The maximum Gasteiger partial charge on any atom is 0.417 e. The number of aromatic nitrogens is 2. The number of aryl methyl sites for hydroxylation is 1. The highest BCUT2D eigenvalue weighted by Crippen LogP contribution is 2.29. The van der Waals surface area contributed by atoms with E-state index in [0.29, 0.717) is 37.4 Å². The number of carbonyl (C=O) groups is 1. The number of nitrogens with one attached hydrogen (secondary N) is 2. The van der Waals surface area contributed by atoms with Crippen LogP contribution in [0.25, 0.3) is 0 Å². The average molecular weight is 431 g/mol. The first kappa shape index (κ1) is 18.8. The minimum atomic E-state index is -4.38. The smallest absolute Gasteiger partial charge is 0.356 e. The molecule has 1 fully saturated rings. The molecule has 1 aliphatic rings. The summed E-state index contributed by atoms with van der Waals surface area (Å²) in [4.78, 5) is 21.1. The van der Waals surface area contributed by atoms with Crippen LogP contribution in [0.2, 0.25) is 0 Å². The lowest BCUT2D eigenvalue weighted by Gasteiger charge is -2.33. The molecule has 0 unspecified atom stereocenters. The number of pyridine rings is 1. The highest BCUT2D eigenvalue weighted by molar-refractivity contribution is 9.10. The molecule has 3 rings (SSSR count). The average Bonchev–Trinajstić information content (AvgIpc) is 2.94. The molecule has 0 spiro atoms. The van der Waals surface area contributed by atoms with Gasteiger partial charge in [0.2, 0.25) is 0 Å². The Hall–Kier alpha value is -2.03. The molecule has 140 valence electrons. The van der Waals surface area contributed by atoms with Crippen LogP contribution in [0.5, 0.6) is 0 Å². The van der Waals surface area contributed by atoms with E-state index in [9.17, 15) is 18.0 Å². The van der Waals surface area contributed by atoms with Crippen molar-refractivity contribution in [2.75, 3.05) is 18.0 Å². The van der Waals surface area contributed by atoms with E-state index in [4.69, 9.17) is 0 Å². The van der Waals surface area contributed by atoms with Gasteiger partial charge in [-0.15, -0.1) is 0 Å². The van der Waals surface area contributed by atoms with Gasteiger partial charge in [0.05, 0.1) is 5.56 Å². The summed E-state index contributed by atoms with van der Waals surface area (Å²) in [5.41, 5.74) is 0.635. The number of H-pyrrole nitrogens is 1. The lowest BCUT2D eigenvalue weighted by molar-refractivity contribution is -0.137. The number of alkyl halides is 3. The first-order chi connectivity index (χ1) is 12.2. The SMILES string of the molecule is Cc1[nH]c(C(=O)NC2CCN(c3ccc(C(F)(F)F)cn3)CC2)cc1Br. The third kappa shape index (κ3) is 4.20. The van der Waals surface area contributed by atoms with Gasteiger partial charge >= 0.3 is 6.18 Å². The van der Waals surface area contributed by atoms with E-state index < -0.39 is 11.7 Å². The van der Waals surface area contributed by atoms with Crippen LogP contribution >= 0.6 is 15.9 Å². The molecule has 2 aromatic heterocycles. The minimum absolute atomic E-state index is 0.0237. The second-order valence-corrected chi connectivity index (χ2v) is 7.15. The van der Waals surface area contributed by atoms with Crippen LogP contribution in [0.3, 0.4) is 0 Å². The Labute approximate surface area is 157 Å². The molecule has 26 heavy (non-hydrogen) atoms. The van der Waals surface area contributed by atoms with E-state index in [1.807, 2.05) is 11.8 Å². The van der Waals surface area contributed by atoms with Gasteiger partial charge in [0, 0.05) is 35.5 Å². The highest BCUT2D eigenvalue weighted by Gasteiger charge is 2.31. The quantitative estimate of drug-likeness (QED) is 0.775. The molecule has 1 saturated heterocycles. The van der Waals surface area contributed by atoms with Crippen LogP contribution in [0.4, 0.5) is 19.0 Å². The zero-order valence-corrected chi connectivity index (χ0v) is 15.6. The number of hydrogen-bond acceptors (Lipinski definition) is 3. The molecule has 0 atom stereocenters. The predicted octanol–water partition coefficient (Wildman–Crippen LogP) is 3.90. The highest BCUT2D eigenvalue weighted by atomic mass is 79.9. The van der Waals surface area contributed by atoms with E-state index >= 15 is 0 Å². The standard InChI is InChI=1S/C17H18BrF3N4O/c1-10-13(18)8-14(23-10)16(26)24-12-4-6-25(7-5-12)15-3-2-11(9-22-15)17(19,20)21/h2-3,8-9,12,23H,4-7H2,1H3,(H,24,26). The van der Waals surface area contributed by atoms with E-state index in [2.05, 4.69) is 31.2 Å². The van der Waals surface area contributed by atoms with Gasteiger partial charge in [0.1, 0.15) is 11.5 Å². The first-order valence-corrected chi connectivity index (χ1v) is 8.97. The van der Waals surface area contributed by atoms with E-state index in [-0.39, 0.29) is 11.9 Å². The number of rotatable bonds is 3. The van der Waals surface area contributed by atoms with Gasteiger partial charge in [0.15, 0.2) is 0 Å². The monoisotopic (exact) mass is 430 g/mol. The third-order valence-corrected chi connectivity index (χ3v) is 5.25. The molecule has 3 heterocycles. The Morgan fingerprint density at radius 2 is 2.04 bits per heavy atom. The number of piperidine rings is 1. The first-order valence-electron chi connectivity index (χ1n) is 8.18. The summed E-state index contributed by atoms with van der Waals surface area (Å²) in [7, 11) is 0. The Morgan fingerprint density at radius 1 is 1.35 bits per heavy atom. The molecule has 0 aliphatic carbocycles. The van der Waals surface area contributed by atoms with Crippen LogP contribution in [0, 0.1) is 6.92 Å². The number of halogens is 4. The summed E-state index contributed by atoms with van der Waals surface area (Å²) < 4.78 is 38.7. The Balaban J connectivity index is 1.55. The molecule has 0 radical (unpaired) electrons. The normalized spacial score (nSPS) is 16.0. The Kier molecular flexibility index (Phi) is 5.27. The lowest BCUT2D eigenvalue weighted by atomic mass is 10.0. The van der Waals surface area contributed by atoms with Gasteiger partial charge in [-0.1, -0.05) is 0 Å². The summed E-state index contributed by atoms with van der Waals surface area (Å²) in [5.74, 6) is 0.358.